The number of fused-ring (bicyclic) bond motifs is 4. The normalized spacial score (nSPS) is 57.5. The van der Waals surface area contributed by atoms with Crippen molar-refractivity contribution in [3.05, 3.63) is 0 Å². The molecule has 3 heteroatoms. The molecule has 0 unspecified atom stereocenters. The number of rotatable bonds is 0. The first-order valence-corrected chi connectivity index (χ1v) is 13.7. The molecule has 1 spiro atoms. The molecule has 5 saturated carbocycles. The molecule has 0 radical (unpaired) electrons. The summed E-state index contributed by atoms with van der Waals surface area (Å²) in [7, 11) is 0. The third kappa shape index (κ3) is 2.36. The maximum absolute atomic E-state index is 13.5. The van der Waals surface area contributed by atoms with Crippen LogP contribution in [-0.2, 0) is 9.53 Å². The fourth-order valence-electron chi connectivity index (χ4n) is 11.5. The lowest BCUT2D eigenvalue weighted by Crippen LogP contribution is -2.67. The molecule has 9 atom stereocenters. The molecule has 5 aliphatic carbocycles. The van der Waals surface area contributed by atoms with E-state index in [0.717, 1.165) is 44.9 Å². The summed E-state index contributed by atoms with van der Waals surface area (Å²) in [4.78, 5) is 13.5. The second-order valence-electron chi connectivity index (χ2n) is 15.1. The van der Waals surface area contributed by atoms with E-state index in [0.29, 0.717) is 34.5 Å². The predicted octanol–water partition coefficient (Wildman–Crippen LogP) is 6.52. The largest absolute Gasteiger partial charge is 0.458 e. The summed E-state index contributed by atoms with van der Waals surface area (Å²) in [6, 6.07) is 0. The summed E-state index contributed by atoms with van der Waals surface area (Å²) >= 11 is 0. The Balaban J connectivity index is 1.41. The van der Waals surface area contributed by atoms with Gasteiger partial charge >= 0.3 is 5.97 Å². The first kappa shape index (κ1) is 21.9. The number of aliphatic hydroxyl groups excluding tert-OH is 1. The van der Waals surface area contributed by atoms with Gasteiger partial charge in [-0.2, -0.15) is 0 Å². The van der Waals surface area contributed by atoms with Crippen LogP contribution in [0, 0.1) is 50.7 Å². The van der Waals surface area contributed by atoms with Crippen molar-refractivity contribution >= 4 is 5.97 Å². The maximum atomic E-state index is 13.5. The number of aliphatic hydroxyl groups is 1. The second-order valence-corrected chi connectivity index (χ2v) is 15.1. The minimum Gasteiger partial charge on any atom is -0.458 e. The van der Waals surface area contributed by atoms with Gasteiger partial charge in [0.25, 0.3) is 0 Å². The average Bonchev–Trinajstić information content (AvgIpc) is 2.83. The van der Waals surface area contributed by atoms with Gasteiger partial charge in [-0.05, 0) is 104 Å². The van der Waals surface area contributed by atoms with Crippen molar-refractivity contribution in [2.24, 2.45) is 50.7 Å². The first-order chi connectivity index (χ1) is 14.8. The molecular formula is C29H46O3. The van der Waals surface area contributed by atoms with E-state index in [1.165, 1.54) is 25.7 Å². The fourth-order valence-corrected chi connectivity index (χ4v) is 11.5. The van der Waals surface area contributed by atoms with Crippen molar-refractivity contribution in [1.82, 2.24) is 0 Å². The lowest BCUT2D eigenvalue weighted by molar-refractivity contribution is -0.247. The lowest BCUT2D eigenvalue weighted by Gasteiger charge is -2.70. The van der Waals surface area contributed by atoms with E-state index in [9.17, 15) is 9.90 Å². The second kappa shape index (κ2) is 6.16. The highest BCUT2D eigenvalue weighted by Crippen LogP contribution is 2.76. The van der Waals surface area contributed by atoms with Gasteiger partial charge in [-0.1, -0.05) is 41.5 Å². The third-order valence-corrected chi connectivity index (χ3v) is 13.1. The quantitative estimate of drug-likeness (QED) is 0.435. The van der Waals surface area contributed by atoms with E-state index in [4.69, 9.17) is 4.74 Å². The van der Waals surface area contributed by atoms with Crippen LogP contribution in [-0.4, -0.2) is 22.8 Å². The number of hydrogen-bond donors (Lipinski definition) is 1. The number of hydrogen-bond acceptors (Lipinski definition) is 3. The SMILES string of the molecule is CC1(C)CC[C@@]23CC[C@H]4[C@]5(C)CC[C@H]6C(C)(C)[C@@H](O)CC[C@]6(C)[C@H]5CC[C@]4(OC2=O)[C@@H]3C1. The molecule has 1 saturated heterocycles. The van der Waals surface area contributed by atoms with Gasteiger partial charge in [0.1, 0.15) is 5.60 Å². The lowest BCUT2D eigenvalue weighted by atomic mass is 9.35. The Kier molecular flexibility index (Phi) is 4.22. The Hall–Kier alpha value is -0.570. The van der Waals surface area contributed by atoms with Crippen LogP contribution in [0.3, 0.4) is 0 Å². The van der Waals surface area contributed by atoms with Crippen LogP contribution in [0.25, 0.3) is 0 Å². The summed E-state index contributed by atoms with van der Waals surface area (Å²) < 4.78 is 6.67. The van der Waals surface area contributed by atoms with Crippen LogP contribution < -0.4 is 0 Å². The highest BCUT2D eigenvalue weighted by Gasteiger charge is 2.76. The Labute approximate surface area is 195 Å². The van der Waals surface area contributed by atoms with Crippen LogP contribution in [0.4, 0.5) is 0 Å². The number of carbonyl (C=O) groups excluding carboxylic acids is 1. The van der Waals surface area contributed by atoms with Crippen LogP contribution in [0.2, 0.25) is 0 Å². The Morgan fingerprint density at radius 1 is 0.719 bits per heavy atom. The number of carbonyl (C=O) groups is 1. The highest BCUT2D eigenvalue weighted by molar-refractivity contribution is 5.81. The maximum Gasteiger partial charge on any atom is 0.313 e. The zero-order valence-electron chi connectivity index (χ0n) is 21.4. The highest BCUT2D eigenvalue weighted by atomic mass is 16.6. The van der Waals surface area contributed by atoms with Gasteiger partial charge in [0, 0.05) is 11.8 Å². The van der Waals surface area contributed by atoms with E-state index in [-0.39, 0.29) is 33.9 Å². The molecule has 2 bridgehead atoms. The molecule has 180 valence electrons. The van der Waals surface area contributed by atoms with Crippen molar-refractivity contribution < 1.29 is 14.6 Å². The topological polar surface area (TPSA) is 46.5 Å². The monoisotopic (exact) mass is 442 g/mol. The average molecular weight is 443 g/mol. The Bertz CT molecular complexity index is 845. The van der Waals surface area contributed by atoms with Crippen molar-refractivity contribution in [2.45, 2.75) is 124 Å². The number of ether oxygens (including phenoxy) is 1. The van der Waals surface area contributed by atoms with Crippen molar-refractivity contribution in [3.8, 4) is 0 Å². The molecule has 6 fully saturated rings. The van der Waals surface area contributed by atoms with Crippen LogP contribution in [0.15, 0.2) is 0 Å². The van der Waals surface area contributed by atoms with Gasteiger partial charge in [-0.25, -0.2) is 0 Å². The zero-order valence-corrected chi connectivity index (χ0v) is 21.4. The zero-order chi connectivity index (χ0) is 22.9. The minimum absolute atomic E-state index is 0.00159. The van der Waals surface area contributed by atoms with Crippen LogP contribution in [0.5, 0.6) is 0 Å². The summed E-state index contributed by atoms with van der Waals surface area (Å²) in [5.74, 6) is 2.38. The molecule has 1 aliphatic heterocycles. The number of esters is 1. The van der Waals surface area contributed by atoms with E-state index >= 15 is 0 Å². The van der Waals surface area contributed by atoms with E-state index < -0.39 is 0 Å². The van der Waals surface area contributed by atoms with Gasteiger partial charge in [-0.15, -0.1) is 0 Å². The van der Waals surface area contributed by atoms with Crippen LogP contribution in [0.1, 0.15) is 112 Å². The van der Waals surface area contributed by atoms with Crippen molar-refractivity contribution in [3.63, 3.8) is 0 Å². The van der Waals surface area contributed by atoms with E-state index in [2.05, 4.69) is 41.5 Å². The smallest absolute Gasteiger partial charge is 0.313 e. The van der Waals surface area contributed by atoms with Crippen molar-refractivity contribution in [2.75, 3.05) is 0 Å². The molecule has 0 aromatic rings. The Morgan fingerprint density at radius 2 is 1.34 bits per heavy atom. The molecule has 3 nitrogen and oxygen atoms in total. The molecule has 6 aliphatic rings. The third-order valence-electron chi connectivity index (χ3n) is 13.1. The van der Waals surface area contributed by atoms with Gasteiger partial charge in [0.15, 0.2) is 0 Å². The standard InChI is InChI=1S/C29H46O3/c1-24(2)15-16-28-13-8-20-27(6)11-7-18-25(3,4)22(30)10-12-26(18,5)19(27)9-14-29(20,21(28)17-24)32-23(28)31/h18-22,30H,7-17H2,1-6H3/t18-,19+,20-,21+,22-,26-,27+,28+,29+/m0/s1. The molecule has 0 aromatic heterocycles. The molecule has 1 heterocycles. The van der Waals surface area contributed by atoms with Crippen molar-refractivity contribution in [1.29, 1.82) is 0 Å². The van der Waals surface area contributed by atoms with Gasteiger partial charge in [-0.3, -0.25) is 4.79 Å². The molecule has 0 aromatic carbocycles. The molecule has 32 heavy (non-hydrogen) atoms. The van der Waals surface area contributed by atoms with Gasteiger partial charge in [0.2, 0.25) is 0 Å². The fraction of sp³-hybridized carbons (Fsp3) is 0.966. The molecule has 0 amide bonds. The molecule has 6 rings (SSSR count). The summed E-state index contributed by atoms with van der Waals surface area (Å²) in [5.41, 5.74) is 0.485. The van der Waals surface area contributed by atoms with Crippen LogP contribution >= 0.6 is 0 Å². The summed E-state index contributed by atoms with van der Waals surface area (Å²) in [5, 5.41) is 10.9. The molecular weight excluding hydrogens is 396 g/mol. The molecule has 1 N–H and O–H groups in total. The van der Waals surface area contributed by atoms with Gasteiger partial charge in [0.05, 0.1) is 11.5 Å². The summed E-state index contributed by atoms with van der Waals surface area (Å²) in [6.45, 7) is 14.6. The predicted molar refractivity (Wildman–Crippen MR) is 126 cm³/mol. The Morgan fingerprint density at radius 3 is 2.09 bits per heavy atom. The van der Waals surface area contributed by atoms with E-state index in [1.807, 2.05) is 0 Å². The van der Waals surface area contributed by atoms with Gasteiger partial charge < -0.3 is 9.84 Å². The minimum atomic E-state index is -0.203. The van der Waals surface area contributed by atoms with E-state index in [1.54, 1.807) is 0 Å². The summed E-state index contributed by atoms with van der Waals surface area (Å²) in [6.07, 6.45) is 12.3. The first-order valence-electron chi connectivity index (χ1n) is 13.7.